The molecule has 0 radical (unpaired) electrons. The van der Waals surface area contributed by atoms with E-state index in [9.17, 15) is 13.8 Å². The fourth-order valence-electron chi connectivity index (χ4n) is 2.05. The van der Waals surface area contributed by atoms with E-state index in [2.05, 4.69) is 0 Å². The number of benzene rings is 1. The van der Waals surface area contributed by atoms with Crippen LogP contribution in [0.3, 0.4) is 0 Å². The Bertz CT molecular complexity index is 539. The van der Waals surface area contributed by atoms with Crippen molar-refractivity contribution in [2.24, 2.45) is 0 Å². The lowest BCUT2D eigenvalue weighted by Crippen LogP contribution is -2.38. The Labute approximate surface area is 108 Å². The first kappa shape index (κ1) is 13.0. The van der Waals surface area contributed by atoms with Gasteiger partial charge in [-0.25, -0.2) is 0 Å². The van der Waals surface area contributed by atoms with Crippen molar-refractivity contribution in [3.63, 3.8) is 0 Å². The third-order valence-electron chi connectivity index (χ3n) is 3.01. The van der Waals surface area contributed by atoms with E-state index in [0.717, 1.165) is 0 Å². The van der Waals surface area contributed by atoms with E-state index in [1.54, 1.807) is 30.0 Å². The molecule has 0 spiro atoms. The van der Waals surface area contributed by atoms with E-state index >= 15 is 0 Å². The van der Waals surface area contributed by atoms with Crippen LogP contribution in [-0.2, 0) is 15.6 Å². The third kappa shape index (κ3) is 2.10. The summed E-state index contributed by atoms with van der Waals surface area (Å²) < 4.78 is 11.9. The highest BCUT2D eigenvalue weighted by Gasteiger charge is 2.28. The topological polar surface area (TPSA) is 54.5 Å². The second-order valence-corrected chi connectivity index (χ2v) is 5.51. The van der Waals surface area contributed by atoms with Crippen molar-refractivity contribution in [3.05, 3.63) is 23.8 Å². The molecule has 5 heteroatoms. The van der Waals surface area contributed by atoms with Crippen LogP contribution >= 0.6 is 0 Å². The first-order valence-electron chi connectivity index (χ1n) is 5.94. The van der Waals surface area contributed by atoms with Crippen LogP contribution in [0.15, 0.2) is 23.1 Å². The van der Waals surface area contributed by atoms with E-state index < -0.39 is 10.8 Å². The third-order valence-corrected chi connectivity index (χ3v) is 4.35. The van der Waals surface area contributed by atoms with Crippen molar-refractivity contribution in [1.82, 2.24) is 0 Å². The number of ketones is 1. The molecule has 2 rings (SSSR count). The maximum atomic E-state index is 11.9. The Balaban J connectivity index is 2.54. The first-order valence-corrected chi connectivity index (χ1v) is 7.26. The number of fused-ring (bicyclic) bond motifs is 1. The van der Waals surface area contributed by atoms with Gasteiger partial charge in [-0.15, -0.1) is 0 Å². The summed E-state index contributed by atoms with van der Waals surface area (Å²) in [5, 5.41) is 0. The molecule has 96 valence electrons. The van der Waals surface area contributed by atoms with Crippen LogP contribution in [0.1, 0.15) is 30.6 Å². The standard InChI is InChI=1S/C13H15NO3S/c1-3-11(15)9-5-6-12-10(7-9)14(4-2)13(16)8-18(12)17/h5-7H,3-4,8H2,1-2H3. The molecule has 0 aliphatic carbocycles. The average Bonchev–Trinajstić information content (AvgIpc) is 2.37. The van der Waals surface area contributed by atoms with Crippen LogP contribution in [-0.4, -0.2) is 28.2 Å². The quantitative estimate of drug-likeness (QED) is 0.782. The minimum absolute atomic E-state index is 0.0256. The molecule has 1 amide bonds. The summed E-state index contributed by atoms with van der Waals surface area (Å²) in [6.07, 6.45) is 0.419. The van der Waals surface area contributed by atoms with Gasteiger partial charge in [0.05, 0.1) is 21.4 Å². The van der Waals surface area contributed by atoms with E-state index in [0.29, 0.717) is 29.1 Å². The van der Waals surface area contributed by atoms with Gasteiger partial charge in [-0.1, -0.05) is 13.0 Å². The Morgan fingerprint density at radius 2 is 2.11 bits per heavy atom. The number of Topliss-reactive ketones (excluding diaryl/α,β-unsaturated/α-hetero) is 1. The molecule has 1 aliphatic heterocycles. The Kier molecular flexibility index (Phi) is 3.61. The summed E-state index contributed by atoms with van der Waals surface area (Å²) in [5.74, 6) is -0.0934. The van der Waals surface area contributed by atoms with Crippen molar-refractivity contribution in [3.8, 4) is 0 Å². The number of carbonyl (C=O) groups is 2. The van der Waals surface area contributed by atoms with E-state index in [1.165, 1.54) is 0 Å². The number of hydrogen-bond donors (Lipinski definition) is 0. The van der Waals surface area contributed by atoms with Crippen LogP contribution in [0.5, 0.6) is 0 Å². The summed E-state index contributed by atoms with van der Waals surface area (Å²) >= 11 is 0. The molecule has 0 fully saturated rings. The summed E-state index contributed by atoms with van der Waals surface area (Å²) in [6.45, 7) is 4.18. The predicted octanol–water partition coefficient (Wildman–Crippen LogP) is 1.75. The van der Waals surface area contributed by atoms with Gasteiger partial charge >= 0.3 is 0 Å². The highest BCUT2D eigenvalue weighted by molar-refractivity contribution is 7.86. The van der Waals surface area contributed by atoms with Gasteiger partial charge in [-0.2, -0.15) is 0 Å². The lowest BCUT2D eigenvalue weighted by Gasteiger charge is -2.28. The van der Waals surface area contributed by atoms with Gasteiger partial charge in [-0.3, -0.25) is 13.8 Å². The van der Waals surface area contributed by atoms with Gasteiger partial charge in [0.1, 0.15) is 5.75 Å². The van der Waals surface area contributed by atoms with Crippen LogP contribution in [0.2, 0.25) is 0 Å². The average molecular weight is 265 g/mol. The monoisotopic (exact) mass is 265 g/mol. The van der Waals surface area contributed by atoms with Gasteiger partial charge in [0, 0.05) is 18.5 Å². The van der Waals surface area contributed by atoms with Gasteiger partial charge < -0.3 is 4.90 Å². The van der Waals surface area contributed by atoms with E-state index in [4.69, 9.17) is 0 Å². The molecule has 1 unspecified atom stereocenters. The number of carbonyl (C=O) groups excluding carboxylic acids is 2. The minimum Gasteiger partial charge on any atom is -0.311 e. The van der Waals surface area contributed by atoms with Crippen molar-refractivity contribution in [2.45, 2.75) is 25.2 Å². The molecule has 0 bridgehead atoms. The van der Waals surface area contributed by atoms with Crippen molar-refractivity contribution in [2.75, 3.05) is 17.2 Å². The molecule has 0 saturated heterocycles. The molecule has 0 N–H and O–H groups in total. The summed E-state index contributed by atoms with van der Waals surface area (Å²) in [4.78, 5) is 25.7. The normalized spacial score (nSPS) is 18.7. The summed E-state index contributed by atoms with van der Waals surface area (Å²) in [7, 11) is -1.29. The number of anilines is 1. The van der Waals surface area contributed by atoms with Gasteiger partial charge in [0.25, 0.3) is 0 Å². The van der Waals surface area contributed by atoms with Crippen molar-refractivity contribution < 1.29 is 13.8 Å². The number of amides is 1. The fourth-order valence-corrected chi connectivity index (χ4v) is 3.21. The number of hydrogen-bond acceptors (Lipinski definition) is 3. The maximum Gasteiger partial charge on any atom is 0.240 e. The van der Waals surface area contributed by atoms with Gasteiger partial charge in [-0.05, 0) is 19.1 Å². The SMILES string of the molecule is CCC(=O)c1ccc2c(c1)N(CC)C(=O)CS2=O. The van der Waals surface area contributed by atoms with Crippen molar-refractivity contribution >= 4 is 28.2 Å². The van der Waals surface area contributed by atoms with Crippen LogP contribution in [0.25, 0.3) is 0 Å². The molecule has 1 aromatic carbocycles. The molecule has 1 heterocycles. The Hall–Kier alpha value is -1.49. The summed E-state index contributed by atoms with van der Waals surface area (Å²) in [6, 6.07) is 5.06. The lowest BCUT2D eigenvalue weighted by molar-refractivity contribution is -0.116. The molecule has 0 saturated carbocycles. The zero-order valence-corrected chi connectivity index (χ0v) is 11.3. The molecule has 1 aliphatic rings. The Morgan fingerprint density at radius 1 is 1.39 bits per heavy atom. The number of rotatable bonds is 3. The second kappa shape index (κ2) is 5.02. The van der Waals surface area contributed by atoms with E-state index in [1.807, 2.05) is 6.92 Å². The van der Waals surface area contributed by atoms with Gasteiger partial charge in [0.2, 0.25) is 5.91 Å². The van der Waals surface area contributed by atoms with Crippen LogP contribution in [0.4, 0.5) is 5.69 Å². The molecule has 0 aromatic heterocycles. The summed E-state index contributed by atoms with van der Waals surface area (Å²) in [5.41, 5.74) is 1.19. The largest absolute Gasteiger partial charge is 0.311 e. The van der Waals surface area contributed by atoms with Crippen LogP contribution in [0, 0.1) is 0 Å². The molecular formula is C13H15NO3S. The molecule has 1 atom stereocenters. The molecule has 1 aromatic rings. The molecule has 4 nitrogen and oxygen atoms in total. The van der Waals surface area contributed by atoms with Crippen molar-refractivity contribution in [1.29, 1.82) is 0 Å². The van der Waals surface area contributed by atoms with Crippen LogP contribution < -0.4 is 4.90 Å². The zero-order valence-electron chi connectivity index (χ0n) is 10.4. The first-order chi connectivity index (χ1) is 8.58. The predicted molar refractivity (Wildman–Crippen MR) is 70.4 cm³/mol. The van der Waals surface area contributed by atoms with E-state index in [-0.39, 0.29) is 17.4 Å². The minimum atomic E-state index is -1.29. The molecular weight excluding hydrogens is 250 g/mol. The zero-order chi connectivity index (χ0) is 13.3. The van der Waals surface area contributed by atoms with Gasteiger partial charge in [0.15, 0.2) is 5.78 Å². The maximum absolute atomic E-state index is 11.9. The lowest BCUT2D eigenvalue weighted by atomic mass is 10.1. The highest BCUT2D eigenvalue weighted by Crippen LogP contribution is 2.30. The number of nitrogens with zero attached hydrogens (tertiary/aromatic N) is 1. The highest BCUT2D eigenvalue weighted by atomic mass is 32.2. The fraction of sp³-hybridized carbons (Fsp3) is 0.385. The second-order valence-electron chi connectivity index (χ2n) is 4.09. The Morgan fingerprint density at radius 3 is 2.72 bits per heavy atom. The smallest absolute Gasteiger partial charge is 0.240 e. The molecule has 18 heavy (non-hydrogen) atoms.